The van der Waals surface area contributed by atoms with Crippen LogP contribution in [0.2, 0.25) is 5.02 Å². The quantitative estimate of drug-likeness (QED) is 0.265. The van der Waals surface area contributed by atoms with Crippen molar-refractivity contribution < 1.29 is 9.59 Å². The van der Waals surface area contributed by atoms with Crippen molar-refractivity contribution in [2.75, 3.05) is 6.54 Å². The fraction of sp³-hybridized carbons (Fsp3) is 0.0357. The molecule has 174 valence electrons. The smallest absolute Gasteiger partial charge is 0.268 e. The number of carbonyl (C=O) groups excluding carboxylic acids is 2. The number of rotatable bonds is 8. The molecule has 0 saturated heterocycles. The lowest BCUT2D eigenvalue weighted by Gasteiger charge is -2.10. The average Bonchev–Trinajstić information content (AvgIpc) is 3.32. The molecule has 35 heavy (non-hydrogen) atoms. The van der Waals surface area contributed by atoms with Crippen molar-refractivity contribution in [3.63, 3.8) is 0 Å². The average molecular weight is 483 g/mol. The zero-order chi connectivity index (χ0) is 24.6. The maximum Gasteiger partial charge on any atom is 0.268 e. The highest BCUT2D eigenvalue weighted by molar-refractivity contribution is 6.30. The van der Waals surface area contributed by atoms with Crippen molar-refractivity contribution in [3.05, 3.63) is 126 Å². The number of nitrogens with one attached hydrogen (secondary N) is 2. The first kappa shape index (κ1) is 23.7. The third-order valence-corrected chi connectivity index (χ3v) is 5.37. The zero-order valence-electron chi connectivity index (χ0n) is 18.8. The van der Waals surface area contributed by atoms with Crippen molar-refractivity contribution in [1.82, 2.24) is 20.4 Å². The van der Waals surface area contributed by atoms with Crippen LogP contribution in [0.3, 0.4) is 0 Å². The van der Waals surface area contributed by atoms with Crippen molar-refractivity contribution in [2.45, 2.75) is 0 Å². The summed E-state index contributed by atoms with van der Waals surface area (Å²) >= 11 is 6.08. The molecule has 1 heterocycles. The minimum Gasteiger partial charge on any atom is -0.347 e. The second-order valence-electron chi connectivity index (χ2n) is 7.60. The molecular weight excluding hydrogens is 460 g/mol. The van der Waals surface area contributed by atoms with Crippen LogP contribution in [0.15, 0.2) is 109 Å². The standard InChI is InChI=1S/C28H23ClN4O2/c1-2-17-30-28(35)25(31-27(34)21-9-5-3-6-10-21)18-22-19-33(24-11-7-4-8-12-24)32-26(22)20-13-15-23(29)16-14-20/h2-16,18-19H,1,17H2,(H,30,35)(H,31,34). The van der Waals surface area contributed by atoms with Crippen LogP contribution in [0.1, 0.15) is 15.9 Å². The van der Waals surface area contributed by atoms with Crippen LogP contribution in [-0.4, -0.2) is 28.1 Å². The van der Waals surface area contributed by atoms with Gasteiger partial charge in [-0.2, -0.15) is 5.10 Å². The van der Waals surface area contributed by atoms with Gasteiger partial charge >= 0.3 is 0 Å². The Hall–Kier alpha value is -4.42. The molecule has 0 fully saturated rings. The Morgan fingerprint density at radius 1 is 0.943 bits per heavy atom. The molecule has 0 aliphatic heterocycles. The van der Waals surface area contributed by atoms with E-state index in [1.54, 1.807) is 53.2 Å². The summed E-state index contributed by atoms with van der Waals surface area (Å²) in [4.78, 5) is 25.8. The van der Waals surface area contributed by atoms with Gasteiger partial charge in [0.15, 0.2) is 0 Å². The Morgan fingerprint density at radius 2 is 1.60 bits per heavy atom. The number of halogens is 1. The van der Waals surface area contributed by atoms with Gasteiger partial charge in [0.2, 0.25) is 0 Å². The summed E-state index contributed by atoms with van der Waals surface area (Å²) < 4.78 is 1.73. The molecule has 7 heteroatoms. The highest BCUT2D eigenvalue weighted by Crippen LogP contribution is 2.27. The molecule has 0 aliphatic carbocycles. The highest BCUT2D eigenvalue weighted by atomic mass is 35.5. The number of para-hydroxylation sites is 1. The number of amides is 2. The first-order valence-corrected chi connectivity index (χ1v) is 11.3. The van der Waals surface area contributed by atoms with Crippen molar-refractivity contribution in [1.29, 1.82) is 0 Å². The summed E-state index contributed by atoms with van der Waals surface area (Å²) in [5, 5.41) is 10.8. The van der Waals surface area contributed by atoms with Gasteiger partial charge in [0.25, 0.3) is 11.8 Å². The van der Waals surface area contributed by atoms with E-state index in [-0.39, 0.29) is 12.2 Å². The summed E-state index contributed by atoms with van der Waals surface area (Å²) in [6, 6.07) is 25.6. The fourth-order valence-corrected chi connectivity index (χ4v) is 3.52. The van der Waals surface area contributed by atoms with Crippen molar-refractivity contribution in [3.8, 4) is 16.9 Å². The largest absolute Gasteiger partial charge is 0.347 e. The van der Waals surface area contributed by atoms with E-state index in [1.165, 1.54) is 0 Å². The number of nitrogens with zero attached hydrogens (tertiary/aromatic N) is 2. The van der Waals surface area contributed by atoms with E-state index in [4.69, 9.17) is 16.7 Å². The Kier molecular flexibility index (Phi) is 7.55. The Labute approximate surface area is 208 Å². The molecule has 4 aromatic rings. The van der Waals surface area contributed by atoms with E-state index in [1.807, 2.05) is 54.7 Å². The van der Waals surface area contributed by atoms with E-state index in [9.17, 15) is 9.59 Å². The van der Waals surface area contributed by atoms with Crippen molar-refractivity contribution in [2.24, 2.45) is 0 Å². The number of hydrogen-bond donors (Lipinski definition) is 2. The summed E-state index contributed by atoms with van der Waals surface area (Å²) in [7, 11) is 0. The third-order valence-electron chi connectivity index (χ3n) is 5.12. The number of carbonyl (C=O) groups is 2. The van der Waals surface area contributed by atoms with Crippen LogP contribution in [0, 0.1) is 0 Å². The van der Waals surface area contributed by atoms with Gasteiger partial charge in [0, 0.05) is 34.5 Å². The molecule has 0 bridgehead atoms. The SMILES string of the molecule is C=CCNC(=O)C(=Cc1cn(-c2ccccc2)nc1-c1ccc(Cl)cc1)NC(=O)c1ccccc1. The Morgan fingerprint density at radius 3 is 2.26 bits per heavy atom. The molecule has 6 nitrogen and oxygen atoms in total. The van der Waals surface area contributed by atoms with Gasteiger partial charge in [0.05, 0.1) is 5.69 Å². The number of aromatic nitrogens is 2. The molecule has 3 aromatic carbocycles. The molecule has 0 spiro atoms. The molecule has 0 aliphatic rings. The Bertz CT molecular complexity index is 1360. The second kappa shape index (κ2) is 11.1. The van der Waals surface area contributed by atoms with E-state index < -0.39 is 11.8 Å². The number of benzene rings is 3. The van der Waals surface area contributed by atoms with Gasteiger partial charge in [-0.1, -0.05) is 66.2 Å². The summed E-state index contributed by atoms with van der Waals surface area (Å²) in [6.07, 6.45) is 5.01. The van der Waals surface area contributed by atoms with Gasteiger partial charge in [-0.15, -0.1) is 6.58 Å². The first-order chi connectivity index (χ1) is 17.0. The predicted molar refractivity (Wildman–Crippen MR) is 139 cm³/mol. The molecule has 2 amide bonds. The monoisotopic (exact) mass is 482 g/mol. The maximum absolute atomic E-state index is 13.0. The van der Waals surface area contributed by atoms with Gasteiger partial charge in [-0.25, -0.2) is 4.68 Å². The molecular formula is C28H23ClN4O2. The van der Waals surface area contributed by atoms with Crippen LogP contribution in [-0.2, 0) is 4.79 Å². The fourth-order valence-electron chi connectivity index (χ4n) is 3.40. The van der Waals surface area contributed by atoms with Crippen LogP contribution in [0.5, 0.6) is 0 Å². The van der Waals surface area contributed by atoms with E-state index >= 15 is 0 Å². The lowest BCUT2D eigenvalue weighted by Crippen LogP contribution is -2.34. The molecule has 1 aromatic heterocycles. The lowest BCUT2D eigenvalue weighted by molar-refractivity contribution is -0.117. The van der Waals surface area contributed by atoms with E-state index in [2.05, 4.69) is 17.2 Å². The number of hydrogen-bond acceptors (Lipinski definition) is 3. The molecule has 2 N–H and O–H groups in total. The van der Waals surface area contributed by atoms with E-state index in [0.717, 1.165) is 11.3 Å². The molecule has 0 saturated carbocycles. The maximum atomic E-state index is 13.0. The van der Waals surface area contributed by atoms with Crippen LogP contribution >= 0.6 is 11.6 Å². The summed E-state index contributed by atoms with van der Waals surface area (Å²) in [5.41, 5.74) is 3.47. The second-order valence-corrected chi connectivity index (χ2v) is 8.03. The minimum atomic E-state index is -0.441. The van der Waals surface area contributed by atoms with E-state index in [0.29, 0.717) is 21.8 Å². The zero-order valence-corrected chi connectivity index (χ0v) is 19.6. The summed E-state index contributed by atoms with van der Waals surface area (Å²) in [5.74, 6) is -0.835. The normalized spacial score (nSPS) is 11.1. The van der Waals surface area contributed by atoms with Crippen LogP contribution in [0.4, 0.5) is 0 Å². The van der Waals surface area contributed by atoms with Crippen LogP contribution in [0.25, 0.3) is 23.0 Å². The lowest BCUT2D eigenvalue weighted by atomic mass is 10.1. The topological polar surface area (TPSA) is 76.0 Å². The molecule has 0 radical (unpaired) electrons. The molecule has 4 rings (SSSR count). The first-order valence-electron chi connectivity index (χ1n) is 10.9. The summed E-state index contributed by atoms with van der Waals surface area (Å²) in [6.45, 7) is 3.89. The molecule has 0 atom stereocenters. The minimum absolute atomic E-state index is 0.0866. The Balaban J connectivity index is 1.79. The third kappa shape index (κ3) is 5.93. The van der Waals surface area contributed by atoms with Crippen molar-refractivity contribution >= 4 is 29.5 Å². The van der Waals surface area contributed by atoms with Gasteiger partial charge in [-0.3, -0.25) is 9.59 Å². The predicted octanol–water partition coefficient (Wildman–Crippen LogP) is 5.27. The van der Waals surface area contributed by atoms with Gasteiger partial charge in [-0.05, 0) is 42.5 Å². The highest BCUT2D eigenvalue weighted by Gasteiger charge is 2.17. The molecule has 0 unspecified atom stereocenters. The van der Waals surface area contributed by atoms with Gasteiger partial charge < -0.3 is 10.6 Å². The van der Waals surface area contributed by atoms with Crippen LogP contribution < -0.4 is 10.6 Å². The van der Waals surface area contributed by atoms with Gasteiger partial charge in [0.1, 0.15) is 11.4 Å².